The molecule has 0 bridgehead atoms. The van der Waals surface area contributed by atoms with Crippen molar-refractivity contribution in [2.24, 2.45) is 0 Å². The van der Waals surface area contributed by atoms with Crippen LogP contribution in [0.2, 0.25) is 0 Å². The molecular weight excluding hydrogens is 304 g/mol. The van der Waals surface area contributed by atoms with E-state index in [4.69, 9.17) is 9.47 Å². The molecule has 0 aliphatic carbocycles. The van der Waals surface area contributed by atoms with Crippen molar-refractivity contribution in [1.82, 2.24) is 0 Å². The van der Waals surface area contributed by atoms with E-state index in [2.05, 4.69) is 47.1 Å². The SMILES string of the molecule is CCCCOCCOc1ccc2cc(Br)ccc2c1. The molecule has 2 aromatic carbocycles. The van der Waals surface area contributed by atoms with Gasteiger partial charge in [0, 0.05) is 11.1 Å². The summed E-state index contributed by atoms with van der Waals surface area (Å²) in [6.45, 7) is 4.24. The van der Waals surface area contributed by atoms with Crippen molar-refractivity contribution in [2.45, 2.75) is 19.8 Å². The molecule has 0 aliphatic heterocycles. The highest BCUT2D eigenvalue weighted by molar-refractivity contribution is 9.10. The molecule has 2 rings (SSSR count). The van der Waals surface area contributed by atoms with Crippen LogP contribution in [-0.4, -0.2) is 19.8 Å². The number of unbranched alkanes of at least 4 members (excludes halogenated alkanes) is 1. The quantitative estimate of drug-likeness (QED) is 0.682. The number of hydrogen-bond acceptors (Lipinski definition) is 2. The highest BCUT2D eigenvalue weighted by atomic mass is 79.9. The number of rotatable bonds is 7. The third-order valence-corrected chi connectivity index (χ3v) is 3.41. The zero-order valence-electron chi connectivity index (χ0n) is 11.2. The number of fused-ring (bicyclic) bond motifs is 1. The van der Waals surface area contributed by atoms with Crippen LogP contribution >= 0.6 is 15.9 Å². The smallest absolute Gasteiger partial charge is 0.120 e. The van der Waals surface area contributed by atoms with Crippen molar-refractivity contribution >= 4 is 26.7 Å². The summed E-state index contributed by atoms with van der Waals surface area (Å²) >= 11 is 3.47. The van der Waals surface area contributed by atoms with Gasteiger partial charge in [-0.05, 0) is 41.5 Å². The standard InChI is InChI=1S/C16H19BrO2/c1-2-3-8-18-9-10-19-16-7-5-13-11-15(17)6-4-14(13)12-16/h4-7,11-12H,2-3,8-10H2,1H3. The minimum atomic E-state index is 0.603. The largest absolute Gasteiger partial charge is 0.491 e. The molecule has 0 radical (unpaired) electrons. The van der Waals surface area contributed by atoms with E-state index in [1.807, 2.05) is 12.1 Å². The highest BCUT2D eigenvalue weighted by Crippen LogP contribution is 2.24. The Balaban J connectivity index is 1.86. The average molecular weight is 323 g/mol. The third kappa shape index (κ3) is 4.51. The molecule has 0 aliphatic rings. The Hall–Kier alpha value is -1.06. The van der Waals surface area contributed by atoms with Gasteiger partial charge in [-0.2, -0.15) is 0 Å². The van der Waals surface area contributed by atoms with Gasteiger partial charge < -0.3 is 9.47 Å². The lowest BCUT2D eigenvalue weighted by molar-refractivity contribution is 0.0981. The van der Waals surface area contributed by atoms with Gasteiger partial charge in [-0.1, -0.05) is 41.4 Å². The summed E-state index contributed by atoms with van der Waals surface area (Å²) in [5.74, 6) is 0.897. The van der Waals surface area contributed by atoms with Crippen molar-refractivity contribution in [3.63, 3.8) is 0 Å². The summed E-state index contributed by atoms with van der Waals surface area (Å²) in [5, 5.41) is 2.40. The minimum Gasteiger partial charge on any atom is -0.491 e. The number of ether oxygens (including phenoxy) is 2. The molecular formula is C16H19BrO2. The van der Waals surface area contributed by atoms with Crippen LogP contribution in [0.25, 0.3) is 10.8 Å². The molecule has 0 saturated heterocycles. The fraction of sp³-hybridized carbons (Fsp3) is 0.375. The van der Waals surface area contributed by atoms with Crippen LogP contribution in [-0.2, 0) is 4.74 Å². The minimum absolute atomic E-state index is 0.603. The van der Waals surface area contributed by atoms with E-state index in [0.717, 1.165) is 23.2 Å². The van der Waals surface area contributed by atoms with Gasteiger partial charge in [0.15, 0.2) is 0 Å². The van der Waals surface area contributed by atoms with Crippen LogP contribution < -0.4 is 4.74 Å². The molecule has 0 aromatic heterocycles. The fourth-order valence-corrected chi connectivity index (χ4v) is 2.23. The molecule has 0 amide bonds. The first kappa shape index (κ1) is 14.4. The molecule has 0 atom stereocenters. The molecule has 3 heteroatoms. The predicted octanol–water partition coefficient (Wildman–Crippen LogP) is 4.80. The van der Waals surface area contributed by atoms with Crippen LogP contribution in [0.15, 0.2) is 40.9 Å². The van der Waals surface area contributed by atoms with E-state index < -0.39 is 0 Å². The molecule has 0 unspecified atom stereocenters. The summed E-state index contributed by atoms with van der Waals surface area (Å²) < 4.78 is 12.3. The molecule has 0 fully saturated rings. The van der Waals surface area contributed by atoms with E-state index in [1.54, 1.807) is 0 Å². The Morgan fingerprint density at radius 2 is 1.74 bits per heavy atom. The molecule has 102 valence electrons. The lowest BCUT2D eigenvalue weighted by Crippen LogP contribution is -2.07. The lowest BCUT2D eigenvalue weighted by atomic mass is 10.1. The van der Waals surface area contributed by atoms with E-state index >= 15 is 0 Å². The Morgan fingerprint density at radius 3 is 2.58 bits per heavy atom. The van der Waals surface area contributed by atoms with Gasteiger partial charge in [0.25, 0.3) is 0 Å². The summed E-state index contributed by atoms with van der Waals surface area (Å²) in [5.41, 5.74) is 0. The van der Waals surface area contributed by atoms with Crippen molar-refractivity contribution in [1.29, 1.82) is 0 Å². The molecule has 2 nitrogen and oxygen atoms in total. The first-order valence-corrected chi connectivity index (χ1v) is 7.49. The first-order valence-electron chi connectivity index (χ1n) is 6.69. The van der Waals surface area contributed by atoms with Gasteiger partial charge >= 0.3 is 0 Å². The maximum absolute atomic E-state index is 5.69. The van der Waals surface area contributed by atoms with Gasteiger partial charge in [-0.3, -0.25) is 0 Å². The molecule has 0 heterocycles. The van der Waals surface area contributed by atoms with Gasteiger partial charge in [-0.15, -0.1) is 0 Å². The van der Waals surface area contributed by atoms with Crippen molar-refractivity contribution in [3.8, 4) is 5.75 Å². The zero-order valence-corrected chi connectivity index (χ0v) is 12.8. The van der Waals surface area contributed by atoms with Gasteiger partial charge in [0.05, 0.1) is 6.61 Å². The van der Waals surface area contributed by atoms with E-state index in [0.29, 0.717) is 13.2 Å². The Kier molecular flexibility index (Phi) is 5.67. The van der Waals surface area contributed by atoms with Crippen LogP contribution in [0.3, 0.4) is 0 Å². The third-order valence-electron chi connectivity index (χ3n) is 2.91. The summed E-state index contributed by atoms with van der Waals surface area (Å²) in [6, 6.07) is 12.4. The molecule has 2 aromatic rings. The predicted molar refractivity (Wildman–Crippen MR) is 82.9 cm³/mol. The highest BCUT2D eigenvalue weighted by Gasteiger charge is 1.98. The van der Waals surface area contributed by atoms with Crippen LogP contribution in [0.1, 0.15) is 19.8 Å². The lowest BCUT2D eigenvalue weighted by Gasteiger charge is -2.08. The second-order valence-electron chi connectivity index (χ2n) is 4.47. The normalized spacial score (nSPS) is 10.8. The Morgan fingerprint density at radius 1 is 0.947 bits per heavy atom. The van der Waals surface area contributed by atoms with E-state index in [9.17, 15) is 0 Å². The monoisotopic (exact) mass is 322 g/mol. The average Bonchev–Trinajstić information content (AvgIpc) is 2.43. The van der Waals surface area contributed by atoms with Gasteiger partial charge in [0.1, 0.15) is 12.4 Å². The number of hydrogen-bond donors (Lipinski definition) is 0. The summed E-state index contributed by atoms with van der Waals surface area (Å²) in [6.07, 6.45) is 2.28. The van der Waals surface area contributed by atoms with E-state index in [1.165, 1.54) is 17.2 Å². The maximum Gasteiger partial charge on any atom is 0.120 e. The molecule has 19 heavy (non-hydrogen) atoms. The van der Waals surface area contributed by atoms with Crippen molar-refractivity contribution in [2.75, 3.05) is 19.8 Å². The number of benzene rings is 2. The summed E-state index contributed by atoms with van der Waals surface area (Å²) in [4.78, 5) is 0. The van der Waals surface area contributed by atoms with Crippen molar-refractivity contribution < 1.29 is 9.47 Å². The zero-order chi connectivity index (χ0) is 13.5. The van der Waals surface area contributed by atoms with Crippen LogP contribution in [0.4, 0.5) is 0 Å². The summed E-state index contributed by atoms with van der Waals surface area (Å²) in [7, 11) is 0. The number of halogens is 1. The van der Waals surface area contributed by atoms with Gasteiger partial charge in [-0.25, -0.2) is 0 Å². The second-order valence-corrected chi connectivity index (χ2v) is 5.38. The topological polar surface area (TPSA) is 18.5 Å². The first-order chi connectivity index (χ1) is 9.29. The Bertz CT molecular complexity index is 525. The van der Waals surface area contributed by atoms with Crippen molar-refractivity contribution in [3.05, 3.63) is 40.9 Å². The fourth-order valence-electron chi connectivity index (χ4n) is 1.85. The van der Waals surface area contributed by atoms with Crippen LogP contribution in [0, 0.1) is 0 Å². The molecule has 0 spiro atoms. The second kappa shape index (κ2) is 7.51. The molecule has 0 N–H and O–H groups in total. The maximum atomic E-state index is 5.69. The molecule has 0 saturated carbocycles. The van der Waals surface area contributed by atoms with Gasteiger partial charge in [0.2, 0.25) is 0 Å². The Labute approximate surface area is 122 Å². The van der Waals surface area contributed by atoms with Crippen LogP contribution in [0.5, 0.6) is 5.75 Å². The van der Waals surface area contributed by atoms with E-state index in [-0.39, 0.29) is 0 Å².